The number of nitrogens with one attached hydrogen (secondary N) is 1. The molecule has 2 rings (SSSR count). The van der Waals surface area contributed by atoms with Crippen LogP contribution in [0.5, 0.6) is 5.75 Å². The standard InChI is InChI=1S/C15H21NO2/c1-18-14-7-4-12(5-8-14)6-9-15(17)13-3-2-10-16-11-13/h4-5,7-8,13,16H,2-3,6,9-11H2,1H3. The molecule has 0 radical (unpaired) electrons. The van der Waals surface area contributed by atoms with Crippen LogP contribution in [0.15, 0.2) is 24.3 Å². The van der Waals surface area contributed by atoms with Gasteiger partial charge in [0, 0.05) is 18.9 Å². The number of carbonyl (C=O) groups excluding carboxylic acids is 1. The lowest BCUT2D eigenvalue weighted by Crippen LogP contribution is -2.34. The Labute approximate surface area is 109 Å². The SMILES string of the molecule is COc1ccc(CCC(=O)C2CCCNC2)cc1. The zero-order valence-corrected chi connectivity index (χ0v) is 10.9. The fourth-order valence-corrected chi connectivity index (χ4v) is 2.39. The second-order valence-corrected chi connectivity index (χ2v) is 4.86. The Morgan fingerprint density at radius 2 is 2.17 bits per heavy atom. The molecule has 98 valence electrons. The van der Waals surface area contributed by atoms with Crippen LogP contribution in [0.2, 0.25) is 0 Å². The van der Waals surface area contributed by atoms with E-state index < -0.39 is 0 Å². The van der Waals surface area contributed by atoms with Crippen molar-refractivity contribution in [1.82, 2.24) is 5.32 Å². The van der Waals surface area contributed by atoms with E-state index in [1.807, 2.05) is 24.3 Å². The van der Waals surface area contributed by atoms with Crippen LogP contribution in [-0.2, 0) is 11.2 Å². The van der Waals surface area contributed by atoms with Gasteiger partial charge in [0.1, 0.15) is 11.5 Å². The van der Waals surface area contributed by atoms with Crippen molar-refractivity contribution < 1.29 is 9.53 Å². The quantitative estimate of drug-likeness (QED) is 0.867. The summed E-state index contributed by atoms with van der Waals surface area (Å²) in [5.74, 6) is 1.50. The van der Waals surface area contributed by atoms with E-state index >= 15 is 0 Å². The van der Waals surface area contributed by atoms with Gasteiger partial charge in [-0.15, -0.1) is 0 Å². The molecule has 1 heterocycles. The Morgan fingerprint density at radius 1 is 1.39 bits per heavy atom. The molecule has 1 saturated heterocycles. The van der Waals surface area contributed by atoms with Gasteiger partial charge in [0.2, 0.25) is 0 Å². The minimum absolute atomic E-state index is 0.233. The normalized spacial score (nSPS) is 19.5. The van der Waals surface area contributed by atoms with E-state index in [1.165, 1.54) is 5.56 Å². The first kappa shape index (κ1) is 13.1. The van der Waals surface area contributed by atoms with Gasteiger partial charge in [0.15, 0.2) is 0 Å². The Morgan fingerprint density at radius 3 is 2.78 bits per heavy atom. The van der Waals surface area contributed by atoms with Crippen LogP contribution >= 0.6 is 0 Å². The predicted molar refractivity (Wildman–Crippen MR) is 71.9 cm³/mol. The van der Waals surface area contributed by atoms with Gasteiger partial charge in [-0.3, -0.25) is 4.79 Å². The van der Waals surface area contributed by atoms with Gasteiger partial charge in [-0.2, -0.15) is 0 Å². The smallest absolute Gasteiger partial charge is 0.137 e. The van der Waals surface area contributed by atoms with Crippen LogP contribution in [0.25, 0.3) is 0 Å². The molecule has 0 saturated carbocycles. The van der Waals surface area contributed by atoms with Crippen LogP contribution in [-0.4, -0.2) is 26.0 Å². The molecule has 3 nitrogen and oxygen atoms in total. The summed E-state index contributed by atoms with van der Waals surface area (Å²) in [6, 6.07) is 7.96. The van der Waals surface area contributed by atoms with E-state index in [2.05, 4.69) is 5.32 Å². The highest BCUT2D eigenvalue weighted by atomic mass is 16.5. The van der Waals surface area contributed by atoms with Crippen molar-refractivity contribution in [3.63, 3.8) is 0 Å². The first-order valence-electron chi connectivity index (χ1n) is 6.66. The number of methoxy groups -OCH3 is 1. The fraction of sp³-hybridized carbons (Fsp3) is 0.533. The van der Waals surface area contributed by atoms with Crippen LogP contribution < -0.4 is 10.1 Å². The zero-order valence-electron chi connectivity index (χ0n) is 10.9. The maximum absolute atomic E-state index is 12.0. The van der Waals surface area contributed by atoms with Gasteiger partial charge in [-0.05, 0) is 43.5 Å². The van der Waals surface area contributed by atoms with Crippen molar-refractivity contribution in [2.45, 2.75) is 25.7 Å². The number of rotatable bonds is 5. The van der Waals surface area contributed by atoms with Gasteiger partial charge in [0.05, 0.1) is 7.11 Å². The molecule has 0 aromatic heterocycles. The highest BCUT2D eigenvalue weighted by molar-refractivity contribution is 5.81. The Hall–Kier alpha value is -1.35. The van der Waals surface area contributed by atoms with Crippen molar-refractivity contribution in [3.05, 3.63) is 29.8 Å². The van der Waals surface area contributed by atoms with Crippen molar-refractivity contribution in [2.24, 2.45) is 5.92 Å². The number of hydrogen-bond acceptors (Lipinski definition) is 3. The lowest BCUT2D eigenvalue weighted by Gasteiger charge is -2.21. The van der Waals surface area contributed by atoms with Crippen molar-refractivity contribution in [3.8, 4) is 5.75 Å². The molecule has 1 atom stereocenters. The summed E-state index contributed by atoms with van der Waals surface area (Å²) < 4.78 is 5.11. The third-order valence-corrected chi connectivity index (χ3v) is 3.57. The first-order chi connectivity index (χ1) is 8.79. The molecule has 1 aliphatic rings. The molecule has 1 aromatic rings. The maximum Gasteiger partial charge on any atom is 0.137 e. The van der Waals surface area contributed by atoms with Gasteiger partial charge >= 0.3 is 0 Å². The predicted octanol–water partition coefficient (Wildman–Crippen LogP) is 2.20. The van der Waals surface area contributed by atoms with E-state index in [1.54, 1.807) is 7.11 Å². The Bertz CT molecular complexity index is 380. The van der Waals surface area contributed by atoms with E-state index in [4.69, 9.17) is 4.74 Å². The Kier molecular flexibility index (Phi) is 4.76. The molecule has 1 fully saturated rings. The number of carbonyl (C=O) groups is 1. The third kappa shape index (κ3) is 3.57. The molecule has 1 aliphatic heterocycles. The number of ether oxygens (including phenoxy) is 1. The molecule has 0 aliphatic carbocycles. The molecule has 0 amide bonds. The first-order valence-corrected chi connectivity index (χ1v) is 6.66. The number of hydrogen-bond donors (Lipinski definition) is 1. The van der Waals surface area contributed by atoms with Crippen LogP contribution in [0.3, 0.4) is 0 Å². The number of Topliss-reactive ketones (excluding diaryl/α,β-unsaturated/α-hetero) is 1. The van der Waals surface area contributed by atoms with Gasteiger partial charge in [-0.1, -0.05) is 12.1 Å². The molecular weight excluding hydrogens is 226 g/mol. The summed E-state index contributed by atoms with van der Waals surface area (Å²) in [6.45, 7) is 1.92. The third-order valence-electron chi connectivity index (χ3n) is 3.57. The van der Waals surface area contributed by atoms with Gasteiger partial charge in [0.25, 0.3) is 0 Å². The molecule has 1 unspecified atom stereocenters. The fourth-order valence-electron chi connectivity index (χ4n) is 2.39. The molecule has 1 aromatic carbocycles. The van der Waals surface area contributed by atoms with Crippen molar-refractivity contribution in [2.75, 3.05) is 20.2 Å². The second-order valence-electron chi connectivity index (χ2n) is 4.86. The Balaban J connectivity index is 1.80. The van der Waals surface area contributed by atoms with Crippen molar-refractivity contribution >= 4 is 5.78 Å². The van der Waals surface area contributed by atoms with Crippen LogP contribution in [0.1, 0.15) is 24.8 Å². The lowest BCUT2D eigenvalue weighted by atomic mass is 9.91. The van der Waals surface area contributed by atoms with E-state index in [0.717, 1.165) is 38.1 Å². The minimum Gasteiger partial charge on any atom is -0.497 e. The summed E-state index contributed by atoms with van der Waals surface area (Å²) in [4.78, 5) is 12.0. The highest BCUT2D eigenvalue weighted by Crippen LogP contribution is 2.16. The topological polar surface area (TPSA) is 38.3 Å². The summed E-state index contributed by atoms with van der Waals surface area (Å²) >= 11 is 0. The van der Waals surface area contributed by atoms with Gasteiger partial charge in [-0.25, -0.2) is 0 Å². The van der Waals surface area contributed by atoms with Gasteiger partial charge < -0.3 is 10.1 Å². The second kappa shape index (κ2) is 6.55. The largest absolute Gasteiger partial charge is 0.497 e. The van der Waals surface area contributed by atoms with E-state index in [9.17, 15) is 4.79 Å². The van der Waals surface area contributed by atoms with Crippen molar-refractivity contribution in [1.29, 1.82) is 0 Å². The number of piperidine rings is 1. The summed E-state index contributed by atoms with van der Waals surface area (Å²) in [7, 11) is 1.66. The molecule has 0 spiro atoms. The molecule has 3 heteroatoms. The molecular formula is C15H21NO2. The summed E-state index contributed by atoms with van der Waals surface area (Å²) in [5.41, 5.74) is 1.20. The number of benzene rings is 1. The summed E-state index contributed by atoms with van der Waals surface area (Å²) in [6.07, 6.45) is 3.66. The van der Waals surface area contributed by atoms with E-state index in [-0.39, 0.29) is 5.92 Å². The lowest BCUT2D eigenvalue weighted by molar-refractivity contribution is -0.123. The van der Waals surface area contributed by atoms with E-state index in [0.29, 0.717) is 12.2 Å². The average molecular weight is 247 g/mol. The molecule has 1 N–H and O–H groups in total. The number of aryl methyl sites for hydroxylation is 1. The maximum atomic E-state index is 12.0. The summed E-state index contributed by atoms with van der Waals surface area (Å²) in [5, 5.41) is 3.29. The monoisotopic (exact) mass is 247 g/mol. The highest BCUT2D eigenvalue weighted by Gasteiger charge is 2.20. The van der Waals surface area contributed by atoms with Crippen LogP contribution in [0.4, 0.5) is 0 Å². The minimum atomic E-state index is 0.233. The molecule has 0 bridgehead atoms. The van der Waals surface area contributed by atoms with Crippen LogP contribution in [0, 0.1) is 5.92 Å². The molecule has 18 heavy (non-hydrogen) atoms. The zero-order chi connectivity index (χ0) is 12.8. The number of ketones is 1. The average Bonchev–Trinajstić information content (AvgIpc) is 2.46.